The summed E-state index contributed by atoms with van der Waals surface area (Å²) in [6.45, 7) is 3.94. The van der Waals surface area contributed by atoms with E-state index in [1.165, 1.54) is 19.3 Å². The minimum atomic E-state index is -0.129. The standard InChI is InChI=1S/C28H34N2O4/c1-2-3-4-8-18-32-26-16-14-23(15-17-26)30-28(31)22-29-24-10-9-13-27(21-24)34-20-19-33-25-11-6-5-7-12-25/h5-7,9-17,21,29H,2-4,8,18-20,22H2,1H3,(H,30,31). The predicted molar refractivity (Wildman–Crippen MR) is 137 cm³/mol. The fourth-order valence-corrected chi connectivity index (χ4v) is 3.27. The van der Waals surface area contributed by atoms with Crippen molar-refractivity contribution in [2.24, 2.45) is 0 Å². The number of carbonyl (C=O) groups excluding carboxylic acids is 1. The van der Waals surface area contributed by atoms with Crippen LogP contribution in [0.5, 0.6) is 17.2 Å². The van der Waals surface area contributed by atoms with Gasteiger partial charge in [-0.2, -0.15) is 0 Å². The molecule has 0 saturated carbocycles. The van der Waals surface area contributed by atoms with Gasteiger partial charge in [-0.15, -0.1) is 0 Å². The van der Waals surface area contributed by atoms with Gasteiger partial charge in [0.1, 0.15) is 30.5 Å². The molecule has 0 aliphatic carbocycles. The first-order valence-corrected chi connectivity index (χ1v) is 11.9. The third-order valence-corrected chi connectivity index (χ3v) is 5.06. The van der Waals surface area contributed by atoms with E-state index in [0.29, 0.717) is 19.0 Å². The second-order valence-corrected chi connectivity index (χ2v) is 7.87. The first-order valence-electron chi connectivity index (χ1n) is 11.9. The van der Waals surface area contributed by atoms with Gasteiger partial charge in [0.2, 0.25) is 5.91 Å². The molecule has 6 heteroatoms. The maximum Gasteiger partial charge on any atom is 0.243 e. The molecule has 34 heavy (non-hydrogen) atoms. The zero-order valence-electron chi connectivity index (χ0n) is 19.8. The molecule has 0 unspecified atom stereocenters. The zero-order valence-corrected chi connectivity index (χ0v) is 19.8. The number of amides is 1. The molecule has 1 amide bonds. The van der Waals surface area contributed by atoms with Gasteiger partial charge in [-0.25, -0.2) is 0 Å². The van der Waals surface area contributed by atoms with Gasteiger partial charge in [0, 0.05) is 17.4 Å². The van der Waals surface area contributed by atoms with Crippen molar-refractivity contribution in [1.82, 2.24) is 0 Å². The molecule has 0 radical (unpaired) electrons. The van der Waals surface area contributed by atoms with Crippen LogP contribution in [0.2, 0.25) is 0 Å². The molecule has 0 bridgehead atoms. The SMILES string of the molecule is CCCCCCOc1ccc(NC(=O)CNc2cccc(OCCOc3ccccc3)c2)cc1. The van der Waals surface area contributed by atoms with Crippen molar-refractivity contribution in [3.05, 3.63) is 78.9 Å². The quantitative estimate of drug-likeness (QED) is 0.265. The second-order valence-electron chi connectivity index (χ2n) is 7.87. The molecule has 0 aliphatic rings. The van der Waals surface area contributed by atoms with E-state index in [-0.39, 0.29) is 12.5 Å². The van der Waals surface area contributed by atoms with E-state index in [0.717, 1.165) is 35.9 Å². The normalized spacial score (nSPS) is 10.4. The fourth-order valence-electron chi connectivity index (χ4n) is 3.27. The molecule has 0 saturated heterocycles. The summed E-state index contributed by atoms with van der Waals surface area (Å²) in [7, 11) is 0. The molecule has 2 N–H and O–H groups in total. The third kappa shape index (κ3) is 9.45. The number of anilines is 2. The Hall–Kier alpha value is -3.67. The highest BCUT2D eigenvalue weighted by atomic mass is 16.5. The second kappa shape index (κ2) is 14.5. The van der Waals surface area contributed by atoms with E-state index in [2.05, 4.69) is 17.6 Å². The predicted octanol–water partition coefficient (Wildman–Crippen LogP) is 6.15. The van der Waals surface area contributed by atoms with Gasteiger partial charge in [-0.1, -0.05) is 50.5 Å². The van der Waals surface area contributed by atoms with E-state index in [9.17, 15) is 4.79 Å². The van der Waals surface area contributed by atoms with Gasteiger partial charge >= 0.3 is 0 Å². The van der Waals surface area contributed by atoms with E-state index in [1.807, 2.05) is 78.9 Å². The first kappa shape index (κ1) is 25.0. The number of nitrogens with one attached hydrogen (secondary N) is 2. The zero-order chi connectivity index (χ0) is 23.8. The summed E-state index contributed by atoms with van der Waals surface area (Å²) in [5.41, 5.74) is 1.55. The van der Waals surface area contributed by atoms with Crippen LogP contribution in [-0.4, -0.2) is 32.3 Å². The van der Waals surface area contributed by atoms with E-state index < -0.39 is 0 Å². The molecule has 0 aromatic heterocycles. The monoisotopic (exact) mass is 462 g/mol. The Kier molecular flexibility index (Phi) is 10.6. The van der Waals surface area contributed by atoms with Crippen molar-refractivity contribution in [1.29, 1.82) is 0 Å². The van der Waals surface area contributed by atoms with Crippen LogP contribution in [0, 0.1) is 0 Å². The van der Waals surface area contributed by atoms with Gasteiger partial charge in [-0.3, -0.25) is 4.79 Å². The Morgan fingerprint density at radius 2 is 1.35 bits per heavy atom. The highest BCUT2D eigenvalue weighted by molar-refractivity contribution is 5.93. The van der Waals surface area contributed by atoms with Crippen LogP contribution in [0.3, 0.4) is 0 Å². The Labute approximate surface area is 202 Å². The fraction of sp³-hybridized carbons (Fsp3) is 0.321. The minimum absolute atomic E-state index is 0.129. The van der Waals surface area contributed by atoms with E-state index in [4.69, 9.17) is 14.2 Å². The van der Waals surface area contributed by atoms with Crippen LogP contribution in [0.15, 0.2) is 78.9 Å². The summed E-state index contributed by atoms with van der Waals surface area (Å²) in [6.07, 6.45) is 4.71. The Morgan fingerprint density at radius 1 is 0.676 bits per heavy atom. The van der Waals surface area contributed by atoms with Crippen molar-refractivity contribution >= 4 is 17.3 Å². The molecule has 3 rings (SSSR count). The lowest BCUT2D eigenvalue weighted by Crippen LogP contribution is -2.21. The Balaban J connectivity index is 1.35. The van der Waals surface area contributed by atoms with Gasteiger partial charge in [-0.05, 0) is 55.0 Å². The van der Waals surface area contributed by atoms with Crippen LogP contribution in [0.25, 0.3) is 0 Å². The van der Waals surface area contributed by atoms with Crippen molar-refractivity contribution in [3.8, 4) is 17.2 Å². The van der Waals surface area contributed by atoms with E-state index in [1.54, 1.807) is 0 Å². The average molecular weight is 463 g/mol. The van der Waals surface area contributed by atoms with Crippen LogP contribution in [-0.2, 0) is 4.79 Å². The minimum Gasteiger partial charge on any atom is -0.494 e. The number of hydrogen-bond donors (Lipinski definition) is 2. The Bertz CT molecular complexity index is 977. The van der Waals surface area contributed by atoms with Crippen molar-refractivity contribution < 1.29 is 19.0 Å². The van der Waals surface area contributed by atoms with Crippen LogP contribution >= 0.6 is 0 Å². The highest BCUT2D eigenvalue weighted by Crippen LogP contribution is 2.18. The van der Waals surface area contributed by atoms with Crippen molar-refractivity contribution in [2.75, 3.05) is 37.0 Å². The number of para-hydroxylation sites is 1. The van der Waals surface area contributed by atoms with Crippen molar-refractivity contribution in [3.63, 3.8) is 0 Å². The summed E-state index contributed by atoms with van der Waals surface area (Å²) >= 11 is 0. The number of ether oxygens (including phenoxy) is 3. The lowest BCUT2D eigenvalue weighted by Gasteiger charge is -2.11. The molecular weight excluding hydrogens is 428 g/mol. The molecule has 0 heterocycles. The maximum absolute atomic E-state index is 12.3. The molecule has 6 nitrogen and oxygen atoms in total. The van der Waals surface area contributed by atoms with E-state index >= 15 is 0 Å². The number of benzene rings is 3. The van der Waals surface area contributed by atoms with Gasteiger partial charge in [0.05, 0.1) is 13.2 Å². The first-order chi connectivity index (χ1) is 16.7. The summed E-state index contributed by atoms with van der Waals surface area (Å²) in [5, 5.41) is 6.02. The average Bonchev–Trinajstić information content (AvgIpc) is 2.87. The van der Waals surface area contributed by atoms with Crippen molar-refractivity contribution in [2.45, 2.75) is 32.6 Å². The maximum atomic E-state index is 12.3. The summed E-state index contributed by atoms with van der Waals surface area (Å²) < 4.78 is 17.1. The molecule has 3 aromatic carbocycles. The molecule has 0 fully saturated rings. The van der Waals surface area contributed by atoms with Gasteiger partial charge in [0.25, 0.3) is 0 Å². The number of carbonyl (C=O) groups is 1. The van der Waals surface area contributed by atoms with Crippen LogP contribution < -0.4 is 24.8 Å². The molecule has 3 aromatic rings. The summed E-state index contributed by atoms with van der Waals surface area (Å²) in [4.78, 5) is 12.3. The highest BCUT2D eigenvalue weighted by Gasteiger charge is 2.04. The molecule has 0 atom stereocenters. The molecule has 0 spiro atoms. The summed E-state index contributed by atoms with van der Waals surface area (Å²) in [6, 6.07) is 24.6. The van der Waals surface area contributed by atoms with Crippen LogP contribution in [0.1, 0.15) is 32.6 Å². The number of hydrogen-bond acceptors (Lipinski definition) is 5. The lowest BCUT2D eigenvalue weighted by atomic mass is 10.2. The van der Waals surface area contributed by atoms with Crippen LogP contribution in [0.4, 0.5) is 11.4 Å². The number of rotatable bonds is 15. The topological polar surface area (TPSA) is 68.8 Å². The molecule has 180 valence electrons. The number of unbranched alkanes of at least 4 members (excludes halogenated alkanes) is 3. The van der Waals surface area contributed by atoms with Gasteiger partial charge in [0.15, 0.2) is 0 Å². The Morgan fingerprint density at radius 3 is 2.12 bits per heavy atom. The summed E-state index contributed by atoms with van der Waals surface area (Å²) in [5.74, 6) is 2.22. The molecular formula is C28H34N2O4. The molecule has 0 aliphatic heterocycles. The smallest absolute Gasteiger partial charge is 0.243 e. The van der Waals surface area contributed by atoms with Gasteiger partial charge < -0.3 is 24.8 Å². The largest absolute Gasteiger partial charge is 0.494 e. The lowest BCUT2D eigenvalue weighted by molar-refractivity contribution is -0.114. The third-order valence-electron chi connectivity index (χ3n) is 5.06.